The van der Waals surface area contributed by atoms with Crippen LogP contribution in [0.25, 0.3) is 0 Å². The molecule has 0 aromatic heterocycles. The molecule has 0 N–H and O–H groups in total. The lowest BCUT2D eigenvalue weighted by Crippen LogP contribution is -2.70. The van der Waals surface area contributed by atoms with Crippen LogP contribution >= 0.6 is 15.9 Å². The third-order valence-corrected chi connectivity index (χ3v) is 5.26. The summed E-state index contributed by atoms with van der Waals surface area (Å²) >= 11 is 3.04. The molecule has 0 spiro atoms. The average molecular weight is 601 g/mol. The molecule has 1 aromatic rings. The second-order valence-electron chi connectivity index (χ2n) is 7.95. The minimum absolute atomic E-state index is 0.215. The number of rotatable bonds is 8. The van der Waals surface area contributed by atoms with Crippen LogP contribution in [0.1, 0.15) is 34.6 Å². The summed E-state index contributed by atoms with van der Waals surface area (Å²) in [4.78, 5) is 47.3. The van der Waals surface area contributed by atoms with Crippen LogP contribution in [0.2, 0.25) is 0 Å². The van der Waals surface area contributed by atoms with Gasteiger partial charge < -0.3 is 33.2 Å². The molecule has 1 heterocycles. The molecule has 0 radical (unpaired) electrons. The molecule has 1 saturated heterocycles. The maximum atomic E-state index is 13.0. The van der Waals surface area contributed by atoms with Gasteiger partial charge >= 0.3 is 30.2 Å². The molecular formula is C22H24BrF3O11. The molecule has 0 amide bonds. The van der Waals surface area contributed by atoms with Gasteiger partial charge in [0.05, 0.1) is 0 Å². The molecule has 37 heavy (non-hydrogen) atoms. The van der Waals surface area contributed by atoms with E-state index in [0.717, 1.165) is 39.8 Å². The largest absolute Gasteiger partial charge is 0.573 e. The van der Waals surface area contributed by atoms with Gasteiger partial charge in [0.25, 0.3) is 0 Å². The summed E-state index contributed by atoms with van der Waals surface area (Å²) in [7, 11) is 0. The van der Waals surface area contributed by atoms with Crippen molar-refractivity contribution in [2.24, 2.45) is 0 Å². The Kier molecular flexibility index (Phi) is 9.77. The quantitative estimate of drug-likeness (QED) is 0.322. The van der Waals surface area contributed by atoms with Gasteiger partial charge in [0.1, 0.15) is 12.7 Å². The van der Waals surface area contributed by atoms with Crippen molar-refractivity contribution in [1.82, 2.24) is 0 Å². The Balaban J connectivity index is 2.63. The number of ether oxygens (including phenoxy) is 7. The molecule has 1 aliphatic rings. The zero-order valence-electron chi connectivity index (χ0n) is 20.3. The topological polar surface area (TPSA) is 133 Å². The van der Waals surface area contributed by atoms with Gasteiger partial charge in [-0.1, -0.05) is 15.9 Å². The lowest BCUT2D eigenvalue weighted by Gasteiger charge is -2.49. The first-order valence-corrected chi connectivity index (χ1v) is 11.4. The molecule has 5 atom stereocenters. The van der Waals surface area contributed by atoms with Crippen LogP contribution in [0, 0.1) is 0 Å². The van der Waals surface area contributed by atoms with Crippen LogP contribution in [0.5, 0.6) is 11.5 Å². The molecule has 0 saturated carbocycles. The Hall–Kier alpha value is -3.07. The Bertz CT molecular complexity index is 1030. The predicted octanol–water partition coefficient (Wildman–Crippen LogP) is 3.20. The van der Waals surface area contributed by atoms with E-state index in [4.69, 9.17) is 28.4 Å². The maximum Gasteiger partial charge on any atom is 0.573 e. The molecule has 206 valence electrons. The highest BCUT2D eigenvalue weighted by Crippen LogP contribution is 2.41. The van der Waals surface area contributed by atoms with Gasteiger partial charge in [-0.15, -0.1) is 13.2 Å². The number of hydrogen-bond donors (Lipinski definition) is 0. The number of carbonyl (C=O) groups is 4. The highest BCUT2D eigenvalue weighted by atomic mass is 79.9. The van der Waals surface area contributed by atoms with Crippen LogP contribution in [-0.4, -0.2) is 67.0 Å². The summed E-state index contributed by atoms with van der Waals surface area (Å²) in [6.07, 6.45) is -11.3. The van der Waals surface area contributed by atoms with E-state index >= 15 is 0 Å². The van der Waals surface area contributed by atoms with Gasteiger partial charge in [-0.05, 0) is 25.1 Å². The monoisotopic (exact) mass is 600 g/mol. The van der Waals surface area contributed by atoms with Crippen molar-refractivity contribution < 1.29 is 65.5 Å². The minimum Gasteiger partial charge on any atom is -0.463 e. The molecule has 5 unspecified atom stereocenters. The third kappa shape index (κ3) is 8.49. The summed E-state index contributed by atoms with van der Waals surface area (Å²) in [5.41, 5.74) is -2.09. The van der Waals surface area contributed by atoms with Crippen LogP contribution in [-0.2, 0) is 42.9 Å². The molecule has 0 aliphatic carbocycles. The lowest BCUT2D eigenvalue weighted by atomic mass is 9.87. The summed E-state index contributed by atoms with van der Waals surface area (Å²) in [5.74, 6) is -4.68. The second kappa shape index (κ2) is 12.0. The number of carbonyl (C=O) groups excluding carboxylic acids is 4. The Morgan fingerprint density at radius 2 is 1.59 bits per heavy atom. The van der Waals surface area contributed by atoms with Crippen molar-refractivity contribution in [3.63, 3.8) is 0 Å². The van der Waals surface area contributed by atoms with Crippen molar-refractivity contribution in [3.05, 3.63) is 22.7 Å². The number of esters is 4. The number of halogens is 4. The Morgan fingerprint density at radius 1 is 0.973 bits per heavy atom. The average Bonchev–Trinajstić information content (AvgIpc) is 2.71. The lowest BCUT2D eigenvalue weighted by molar-refractivity contribution is -0.322. The fourth-order valence-electron chi connectivity index (χ4n) is 3.51. The van der Waals surface area contributed by atoms with Gasteiger partial charge in [0, 0.05) is 32.2 Å². The first-order valence-electron chi connectivity index (χ1n) is 10.6. The van der Waals surface area contributed by atoms with Crippen LogP contribution in [0.3, 0.4) is 0 Å². The van der Waals surface area contributed by atoms with Crippen molar-refractivity contribution in [3.8, 4) is 11.5 Å². The normalized spacial score (nSPS) is 25.4. The van der Waals surface area contributed by atoms with E-state index in [1.165, 1.54) is 13.0 Å². The fourth-order valence-corrected chi connectivity index (χ4v) is 3.85. The smallest absolute Gasteiger partial charge is 0.463 e. The standard InChI is InChI=1S/C22H24BrF3O11/c1-10(27)31-9-17-18(32-11(2)28)19(33-12(3)29)21(5,36-13(4)30)20(35-17)34-15-7-6-14(23)8-16(15)37-22(24,25)26/h6-8,17-20H,9H2,1-5H3. The second-order valence-corrected chi connectivity index (χ2v) is 8.86. The van der Waals surface area contributed by atoms with Crippen molar-refractivity contribution in [1.29, 1.82) is 0 Å². The third-order valence-electron chi connectivity index (χ3n) is 4.77. The molecule has 1 aromatic carbocycles. The van der Waals surface area contributed by atoms with E-state index in [1.54, 1.807) is 0 Å². The van der Waals surface area contributed by atoms with Crippen LogP contribution < -0.4 is 9.47 Å². The van der Waals surface area contributed by atoms with Gasteiger partial charge in [-0.3, -0.25) is 19.2 Å². The summed E-state index contributed by atoms with van der Waals surface area (Å²) in [5, 5.41) is 0. The first-order chi connectivity index (χ1) is 17.0. The molecule has 15 heteroatoms. The summed E-state index contributed by atoms with van der Waals surface area (Å²) in [6, 6.07) is 3.42. The molecule has 11 nitrogen and oxygen atoms in total. The molecule has 1 aliphatic heterocycles. The van der Waals surface area contributed by atoms with Gasteiger partial charge in [-0.2, -0.15) is 0 Å². The Morgan fingerprint density at radius 3 is 2.11 bits per heavy atom. The molecule has 0 bridgehead atoms. The van der Waals surface area contributed by atoms with E-state index in [9.17, 15) is 32.3 Å². The highest BCUT2D eigenvalue weighted by Gasteiger charge is 2.61. The highest BCUT2D eigenvalue weighted by molar-refractivity contribution is 9.10. The van der Waals surface area contributed by atoms with E-state index in [2.05, 4.69) is 20.7 Å². The van der Waals surface area contributed by atoms with E-state index in [1.807, 2.05) is 0 Å². The first kappa shape index (κ1) is 30.2. The van der Waals surface area contributed by atoms with Crippen molar-refractivity contribution in [2.45, 2.75) is 71.2 Å². The molecule has 1 fully saturated rings. The van der Waals surface area contributed by atoms with Crippen molar-refractivity contribution in [2.75, 3.05) is 6.61 Å². The Labute approximate surface area is 217 Å². The van der Waals surface area contributed by atoms with Gasteiger partial charge in [-0.25, -0.2) is 0 Å². The van der Waals surface area contributed by atoms with Crippen LogP contribution in [0.4, 0.5) is 13.2 Å². The predicted molar refractivity (Wildman–Crippen MR) is 118 cm³/mol. The molecular weight excluding hydrogens is 577 g/mol. The SMILES string of the molecule is CC(=O)OCC1OC(Oc2ccc(Br)cc2OC(F)(F)F)C(C)(OC(C)=O)C(OC(C)=O)C1OC(C)=O. The van der Waals surface area contributed by atoms with Crippen molar-refractivity contribution >= 4 is 39.8 Å². The minimum atomic E-state index is -5.09. The number of alkyl halides is 3. The molecule has 2 rings (SSSR count). The number of hydrogen-bond acceptors (Lipinski definition) is 11. The van der Waals surface area contributed by atoms with E-state index in [0.29, 0.717) is 0 Å². The van der Waals surface area contributed by atoms with E-state index in [-0.39, 0.29) is 4.47 Å². The maximum absolute atomic E-state index is 13.0. The summed E-state index contributed by atoms with van der Waals surface area (Å²) in [6.45, 7) is 4.82. The van der Waals surface area contributed by atoms with Gasteiger partial charge in [0.2, 0.25) is 11.9 Å². The summed E-state index contributed by atoms with van der Waals surface area (Å²) < 4.78 is 75.8. The van der Waals surface area contributed by atoms with E-state index < -0.39 is 78.5 Å². The zero-order chi connectivity index (χ0) is 28.1. The number of benzene rings is 1. The zero-order valence-corrected chi connectivity index (χ0v) is 21.8. The fraction of sp³-hybridized carbons (Fsp3) is 0.545. The van der Waals surface area contributed by atoms with Gasteiger partial charge in [0.15, 0.2) is 23.7 Å². The van der Waals surface area contributed by atoms with Crippen LogP contribution in [0.15, 0.2) is 22.7 Å².